The molecule has 1 N–H and O–H groups in total. The Bertz CT molecular complexity index is 620. The molecule has 0 bridgehead atoms. The number of aromatic carboxylic acids is 1. The zero-order valence-corrected chi connectivity index (χ0v) is 10.1. The Morgan fingerprint density at radius 1 is 1.67 bits per heavy atom. The Balaban J connectivity index is 2.22. The third-order valence-corrected chi connectivity index (χ3v) is 2.45. The van der Waals surface area contributed by atoms with Crippen molar-refractivity contribution in [2.75, 3.05) is 0 Å². The molecule has 0 saturated heterocycles. The van der Waals surface area contributed by atoms with E-state index in [0.29, 0.717) is 0 Å². The van der Waals surface area contributed by atoms with E-state index in [4.69, 9.17) is 9.63 Å². The van der Waals surface area contributed by atoms with Gasteiger partial charge in [-0.25, -0.2) is 4.79 Å². The molecule has 10 nitrogen and oxygen atoms in total. The molecule has 2 heterocycles. The van der Waals surface area contributed by atoms with E-state index in [-0.39, 0.29) is 22.7 Å². The molecule has 0 aromatic carbocycles. The van der Waals surface area contributed by atoms with E-state index in [1.54, 1.807) is 0 Å². The maximum atomic E-state index is 10.6. The van der Waals surface area contributed by atoms with Crippen molar-refractivity contribution in [2.45, 2.75) is 6.54 Å². The molecular weight excluding hydrogens is 314 g/mol. The molecule has 0 saturated carbocycles. The number of hydrogen-bond donors (Lipinski definition) is 1. The Hall–Kier alpha value is -2.30. The van der Waals surface area contributed by atoms with E-state index in [9.17, 15) is 14.9 Å². The third-order valence-electron chi connectivity index (χ3n) is 1.86. The number of nitro groups is 1. The zero-order valence-electron chi connectivity index (χ0n) is 8.48. The van der Waals surface area contributed by atoms with Gasteiger partial charge in [0.2, 0.25) is 0 Å². The van der Waals surface area contributed by atoms with Crippen LogP contribution in [0.3, 0.4) is 0 Å². The van der Waals surface area contributed by atoms with Crippen molar-refractivity contribution in [3.63, 3.8) is 0 Å². The number of hydrogen-bond acceptors (Lipinski definition) is 7. The SMILES string of the molecule is O=C(O)c1cc(Cn2nc([N+](=O)[O-])nc2Br)on1. The van der Waals surface area contributed by atoms with Crippen molar-refractivity contribution in [3.05, 3.63) is 32.4 Å². The van der Waals surface area contributed by atoms with Crippen LogP contribution in [0.5, 0.6) is 0 Å². The molecule has 94 valence electrons. The quantitative estimate of drug-likeness (QED) is 0.641. The third kappa shape index (κ3) is 2.34. The largest absolute Gasteiger partial charge is 0.492 e. The standard InChI is InChI=1S/C7H4BrN5O5/c8-6-9-7(13(16)17)10-12(6)2-3-1-4(5(14)15)11-18-3/h1H,2H2,(H,14,15). The van der Waals surface area contributed by atoms with Gasteiger partial charge in [0.05, 0.1) is 0 Å². The highest BCUT2D eigenvalue weighted by Gasteiger charge is 2.21. The molecule has 0 spiro atoms. The molecule has 0 radical (unpaired) electrons. The molecule has 0 aliphatic heterocycles. The van der Waals surface area contributed by atoms with Gasteiger partial charge in [0.15, 0.2) is 11.5 Å². The second kappa shape index (κ2) is 4.52. The van der Waals surface area contributed by atoms with Gasteiger partial charge in [0, 0.05) is 27.1 Å². The van der Waals surface area contributed by atoms with Gasteiger partial charge < -0.3 is 19.7 Å². The summed E-state index contributed by atoms with van der Waals surface area (Å²) in [6, 6.07) is 1.20. The number of nitrogens with zero attached hydrogens (tertiary/aromatic N) is 5. The van der Waals surface area contributed by atoms with Crippen molar-refractivity contribution in [3.8, 4) is 0 Å². The summed E-state index contributed by atoms with van der Waals surface area (Å²) in [7, 11) is 0. The Labute approximate surface area is 106 Å². The predicted molar refractivity (Wildman–Crippen MR) is 56.9 cm³/mol. The number of aromatic nitrogens is 4. The lowest BCUT2D eigenvalue weighted by Crippen LogP contribution is -2.02. The lowest BCUT2D eigenvalue weighted by Gasteiger charge is -1.91. The van der Waals surface area contributed by atoms with E-state index in [2.05, 4.69) is 31.2 Å². The molecule has 0 unspecified atom stereocenters. The van der Waals surface area contributed by atoms with E-state index >= 15 is 0 Å². The van der Waals surface area contributed by atoms with Crippen molar-refractivity contribution in [1.82, 2.24) is 19.9 Å². The normalized spacial score (nSPS) is 10.5. The van der Waals surface area contributed by atoms with Crippen LogP contribution in [0.4, 0.5) is 5.95 Å². The number of halogens is 1. The number of carbonyl (C=O) groups is 1. The number of carboxylic acid groups (broad SMARTS) is 1. The van der Waals surface area contributed by atoms with E-state index in [1.807, 2.05) is 0 Å². The fourth-order valence-corrected chi connectivity index (χ4v) is 1.49. The van der Waals surface area contributed by atoms with Crippen LogP contribution in [0.1, 0.15) is 16.2 Å². The first-order valence-electron chi connectivity index (χ1n) is 4.41. The van der Waals surface area contributed by atoms with Crippen LogP contribution in [0.2, 0.25) is 0 Å². The van der Waals surface area contributed by atoms with Crippen LogP contribution in [0, 0.1) is 10.1 Å². The highest BCUT2D eigenvalue weighted by Crippen LogP contribution is 2.14. The predicted octanol–water partition coefficient (Wildman–Crippen LogP) is 0.683. The van der Waals surface area contributed by atoms with E-state index in [1.165, 1.54) is 6.07 Å². The Kier molecular flexibility index (Phi) is 3.06. The summed E-state index contributed by atoms with van der Waals surface area (Å²) in [4.78, 5) is 23.8. The molecule has 0 amide bonds. The van der Waals surface area contributed by atoms with E-state index in [0.717, 1.165) is 4.68 Å². The van der Waals surface area contributed by atoms with Gasteiger partial charge in [-0.1, -0.05) is 5.16 Å². The summed E-state index contributed by atoms with van der Waals surface area (Å²) in [6.07, 6.45) is 0. The van der Waals surface area contributed by atoms with Crippen molar-refractivity contribution < 1.29 is 19.3 Å². The van der Waals surface area contributed by atoms with Gasteiger partial charge in [-0.05, 0) is 9.91 Å². The molecule has 2 rings (SSSR count). The zero-order chi connectivity index (χ0) is 13.3. The summed E-state index contributed by atoms with van der Waals surface area (Å²) >= 11 is 2.99. The fraction of sp³-hybridized carbons (Fsp3) is 0.143. The smallest absolute Gasteiger partial charge is 0.476 e. The molecule has 18 heavy (non-hydrogen) atoms. The lowest BCUT2D eigenvalue weighted by atomic mass is 10.3. The van der Waals surface area contributed by atoms with Gasteiger partial charge in [0.25, 0.3) is 4.73 Å². The monoisotopic (exact) mass is 317 g/mol. The Morgan fingerprint density at radius 2 is 2.39 bits per heavy atom. The number of carboxylic acids is 1. The van der Waals surface area contributed by atoms with Crippen LogP contribution in [0.15, 0.2) is 15.3 Å². The minimum Gasteiger partial charge on any atom is -0.476 e. The van der Waals surface area contributed by atoms with Gasteiger partial charge in [-0.2, -0.15) is 4.68 Å². The fourth-order valence-electron chi connectivity index (χ4n) is 1.13. The minimum absolute atomic E-state index is 0.0261. The highest BCUT2D eigenvalue weighted by atomic mass is 79.9. The molecular formula is C7H4BrN5O5. The highest BCUT2D eigenvalue weighted by molar-refractivity contribution is 9.10. The van der Waals surface area contributed by atoms with Gasteiger partial charge in [-0.15, -0.1) is 0 Å². The molecule has 0 atom stereocenters. The molecule has 0 fully saturated rings. The second-order valence-electron chi connectivity index (χ2n) is 3.08. The molecule has 2 aromatic heterocycles. The molecule has 11 heteroatoms. The van der Waals surface area contributed by atoms with Gasteiger partial charge in [0.1, 0.15) is 6.54 Å². The molecule has 0 aliphatic carbocycles. The summed E-state index contributed by atoms with van der Waals surface area (Å²) in [5.74, 6) is -1.61. The lowest BCUT2D eigenvalue weighted by molar-refractivity contribution is -0.394. The topological polar surface area (TPSA) is 137 Å². The van der Waals surface area contributed by atoms with Crippen LogP contribution >= 0.6 is 15.9 Å². The summed E-state index contributed by atoms with van der Waals surface area (Å²) in [5.41, 5.74) is -0.254. The van der Waals surface area contributed by atoms with E-state index < -0.39 is 16.8 Å². The number of rotatable bonds is 4. The summed E-state index contributed by atoms with van der Waals surface area (Å²) in [5, 5.41) is 26.0. The van der Waals surface area contributed by atoms with Crippen molar-refractivity contribution in [2.24, 2.45) is 0 Å². The van der Waals surface area contributed by atoms with Gasteiger partial charge in [-0.3, -0.25) is 0 Å². The maximum absolute atomic E-state index is 10.6. The maximum Gasteiger partial charge on any atom is 0.492 e. The average molecular weight is 318 g/mol. The van der Waals surface area contributed by atoms with Gasteiger partial charge >= 0.3 is 11.9 Å². The van der Waals surface area contributed by atoms with Crippen LogP contribution in [-0.2, 0) is 6.54 Å². The summed E-state index contributed by atoms with van der Waals surface area (Å²) in [6.45, 7) is -0.0261. The first kappa shape index (κ1) is 12.2. The van der Waals surface area contributed by atoms with Crippen LogP contribution < -0.4 is 0 Å². The minimum atomic E-state index is -1.23. The Morgan fingerprint density at radius 3 is 2.89 bits per heavy atom. The first-order chi connectivity index (χ1) is 8.47. The van der Waals surface area contributed by atoms with Crippen molar-refractivity contribution >= 4 is 27.8 Å². The van der Waals surface area contributed by atoms with Crippen LogP contribution in [0.25, 0.3) is 0 Å². The first-order valence-corrected chi connectivity index (χ1v) is 5.20. The second-order valence-corrected chi connectivity index (χ2v) is 3.79. The van der Waals surface area contributed by atoms with Crippen molar-refractivity contribution in [1.29, 1.82) is 0 Å². The molecule has 2 aromatic rings. The van der Waals surface area contributed by atoms with Crippen LogP contribution in [-0.4, -0.2) is 35.9 Å². The molecule has 0 aliphatic rings. The average Bonchev–Trinajstić information content (AvgIpc) is 2.87. The summed E-state index contributed by atoms with van der Waals surface area (Å²) < 4.78 is 6.01.